The Morgan fingerprint density at radius 2 is 1.23 bits per heavy atom. The van der Waals surface area contributed by atoms with E-state index < -0.39 is 12.1 Å². The lowest BCUT2D eigenvalue weighted by atomic mass is 10.1. The molecular formula is C32H36O6Si. The summed E-state index contributed by atoms with van der Waals surface area (Å²) in [6, 6.07) is 35.3. The summed E-state index contributed by atoms with van der Waals surface area (Å²) < 4.78 is 16.0. The fourth-order valence-electron chi connectivity index (χ4n) is 3.73. The van der Waals surface area contributed by atoms with E-state index in [1.807, 2.05) is 24.3 Å². The Hall–Kier alpha value is -3.91. The first-order valence-electron chi connectivity index (χ1n) is 13.0. The maximum Gasteiger partial charge on any atom is 0.335 e. The van der Waals surface area contributed by atoms with Gasteiger partial charge in [0.25, 0.3) is 0 Å². The van der Waals surface area contributed by atoms with Gasteiger partial charge in [0.2, 0.25) is 0 Å². The summed E-state index contributed by atoms with van der Waals surface area (Å²) in [6.45, 7) is 0.904. The highest BCUT2D eigenvalue weighted by Gasteiger charge is 2.08. The molecule has 2 N–H and O–H groups in total. The molecule has 1 unspecified atom stereocenters. The molecule has 1 atom stereocenters. The average Bonchev–Trinajstić information content (AvgIpc) is 2.97. The van der Waals surface area contributed by atoms with Gasteiger partial charge in [-0.15, -0.1) is 0 Å². The monoisotopic (exact) mass is 544 g/mol. The third kappa shape index (κ3) is 11.6. The van der Waals surface area contributed by atoms with Crippen LogP contribution in [-0.4, -0.2) is 58.7 Å². The van der Waals surface area contributed by atoms with Crippen LogP contribution in [0.4, 0.5) is 0 Å². The summed E-state index contributed by atoms with van der Waals surface area (Å²) in [4.78, 5) is 10.8. The molecule has 0 aliphatic carbocycles. The summed E-state index contributed by atoms with van der Waals surface area (Å²) >= 11 is 0. The molecule has 0 spiro atoms. The Morgan fingerprint density at radius 3 is 1.69 bits per heavy atom. The number of carbonyl (C=O) groups is 1. The maximum atomic E-state index is 10.8. The second-order valence-electron chi connectivity index (χ2n) is 8.99. The Balaban J connectivity index is 0.000000268. The highest BCUT2D eigenvalue weighted by Crippen LogP contribution is 2.15. The van der Waals surface area contributed by atoms with Crippen LogP contribution in [0.2, 0.25) is 0 Å². The van der Waals surface area contributed by atoms with E-state index in [4.69, 9.17) is 19.3 Å². The number of carboxylic acid groups (broad SMARTS) is 1. The van der Waals surface area contributed by atoms with E-state index in [0.717, 1.165) is 19.4 Å². The lowest BCUT2D eigenvalue weighted by molar-refractivity contribution is 0.0625. The lowest BCUT2D eigenvalue weighted by Gasteiger charge is -2.14. The Labute approximate surface area is 232 Å². The van der Waals surface area contributed by atoms with Crippen molar-refractivity contribution < 1.29 is 29.2 Å². The van der Waals surface area contributed by atoms with Crippen molar-refractivity contribution in [2.24, 2.45) is 0 Å². The molecule has 39 heavy (non-hydrogen) atoms. The van der Waals surface area contributed by atoms with Gasteiger partial charge in [0, 0.05) is 13.7 Å². The van der Waals surface area contributed by atoms with Crippen molar-refractivity contribution in [1.82, 2.24) is 0 Å². The van der Waals surface area contributed by atoms with Gasteiger partial charge in [-0.1, -0.05) is 83.2 Å². The first-order chi connectivity index (χ1) is 19.0. The van der Waals surface area contributed by atoms with E-state index in [1.54, 1.807) is 19.2 Å². The van der Waals surface area contributed by atoms with Gasteiger partial charge in [0.15, 0.2) is 0 Å². The topological polar surface area (TPSA) is 85.2 Å². The molecule has 4 rings (SSSR count). The number of rotatable bonds is 13. The molecule has 0 bridgehead atoms. The number of methoxy groups -OCH3 is 1. The molecular weight excluding hydrogens is 508 g/mol. The van der Waals surface area contributed by atoms with Gasteiger partial charge < -0.3 is 24.4 Å². The zero-order valence-corrected chi connectivity index (χ0v) is 23.7. The van der Waals surface area contributed by atoms with Gasteiger partial charge in [-0.3, -0.25) is 0 Å². The fraction of sp³-hybridized carbons (Fsp3) is 0.219. The normalized spacial score (nSPS) is 11.1. The zero-order chi connectivity index (χ0) is 27.7. The van der Waals surface area contributed by atoms with E-state index in [-0.39, 0.29) is 28.3 Å². The smallest absolute Gasteiger partial charge is 0.335 e. The number of aliphatic hydroxyl groups is 1. The number of carboxylic acids is 1. The summed E-state index contributed by atoms with van der Waals surface area (Å²) in [7, 11) is 1.46. The van der Waals surface area contributed by atoms with Crippen LogP contribution in [0.25, 0.3) is 0 Å². The molecule has 204 valence electrons. The highest BCUT2D eigenvalue weighted by atomic mass is 28.2. The zero-order valence-electron chi connectivity index (χ0n) is 22.2. The summed E-state index contributed by atoms with van der Waals surface area (Å²) in [5, 5.41) is 21.8. The molecule has 0 radical (unpaired) electrons. The number of ether oxygens (including phenoxy) is 3. The average molecular weight is 545 g/mol. The SMILES string of the molecule is COCCCc1ccc(OCC(O)COc2ccc(C(=O)O)cc2)cc1.c1ccc([SiH2]c2ccccc2)cc1. The fourth-order valence-corrected chi connectivity index (χ4v) is 5.21. The number of hydrogen-bond donors (Lipinski definition) is 2. The third-order valence-electron chi connectivity index (χ3n) is 5.82. The van der Waals surface area contributed by atoms with Crippen LogP contribution in [-0.2, 0) is 11.2 Å². The van der Waals surface area contributed by atoms with Gasteiger partial charge in [0.05, 0.1) is 15.1 Å². The van der Waals surface area contributed by atoms with Gasteiger partial charge in [0.1, 0.15) is 30.8 Å². The molecule has 0 amide bonds. The molecule has 0 fully saturated rings. The highest BCUT2D eigenvalue weighted by molar-refractivity contribution is 6.67. The van der Waals surface area contributed by atoms with E-state index in [2.05, 4.69) is 60.7 Å². The molecule has 0 aromatic heterocycles. The van der Waals surface area contributed by atoms with E-state index in [0.29, 0.717) is 11.5 Å². The van der Waals surface area contributed by atoms with Crippen molar-refractivity contribution in [3.8, 4) is 11.5 Å². The van der Waals surface area contributed by atoms with E-state index in [1.165, 1.54) is 28.1 Å². The van der Waals surface area contributed by atoms with Crippen molar-refractivity contribution in [2.75, 3.05) is 26.9 Å². The minimum atomic E-state index is -0.991. The molecule has 0 saturated heterocycles. The summed E-state index contributed by atoms with van der Waals surface area (Å²) in [5.74, 6) is 0.189. The van der Waals surface area contributed by atoms with Crippen molar-refractivity contribution in [3.05, 3.63) is 120 Å². The van der Waals surface area contributed by atoms with Crippen molar-refractivity contribution in [1.29, 1.82) is 0 Å². The van der Waals surface area contributed by atoms with Crippen LogP contribution in [0, 0.1) is 0 Å². The quantitative estimate of drug-likeness (QED) is 0.198. The van der Waals surface area contributed by atoms with Crippen LogP contribution in [0.15, 0.2) is 109 Å². The first-order valence-corrected chi connectivity index (χ1v) is 14.4. The molecule has 4 aromatic rings. The van der Waals surface area contributed by atoms with Crippen molar-refractivity contribution >= 4 is 25.9 Å². The van der Waals surface area contributed by atoms with Gasteiger partial charge in [-0.2, -0.15) is 0 Å². The van der Waals surface area contributed by atoms with Crippen LogP contribution in [0.3, 0.4) is 0 Å². The first kappa shape index (κ1) is 29.6. The number of benzene rings is 4. The van der Waals surface area contributed by atoms with Crippen molar-refractivity contribution in [2.45, 2.75) is 18.9 Å². The number of aliphatic hydroxyl groups excluding tert-OH is 1. The van der Waals surface area contributed by atoms with Gasteiger partial charge in [-0.05, 0) is 54.8 Å². The second-order valence-corrected chi connectivity index (χ2v) is 11.0. The lowest BCUT2D eigenvalue weighted by Crippen LogP contribution is -2.26. The standard InChI is InChI=1S/C20H24O6.C12H12Si/c1-24-12-2-3-15-4-8-18(9-5-15)25-13-17(21)14-26-19-10-6-16(7-11-19)20(22)23;1-3-7-11(8-4-1)13-12-9-5-2-6-10-12/h4-11,17,21H,2-3,12-14H2,1H3,(H,22,23);1-10H,13H2. The molecule has 0 saturated carbocycles. The Bertz CT molecular complexity index is 1180. The molecule has 4 aromatic carbocycles. The predicted molar refractivity (Wildman–Crippen MR) is 158 cm³/mol. The summed E-state index contributed by atoms with van der Waals surface area (Å²) in [6.07, 6.45) is 1.13. The minimum Gasteiger partial charge on any atom is -0.491 e. The molecule has 0 heterocycles. The van der Waals surface area contributed by atoms with Gasteiger partial charge in [-0.25, -0.2) is 4.79 Å². The van der Waals surface area contributed by atoms with E-state index >= 15 is 0 Å². The third-order valence-corrected chi connectivity index (χ3v) is 7.58. The van der Waals surface area contributed by atoms with E-state index in [9.17, 15) is 9.90 Å². The number of aryl methyl sites for hydroxylation is 1. The Morgan fingerprint density at radius 1 is 0.744 bits per heavy atom. The molecule has 0 aliphatic heterocycles. The number of aromatic carboxylic acids is 1. The largest absolute Gasteiger partial charge is 0.491 e. The van der Waals surface area contributed by atoms with Crippen LogP contribution in [0.5, 0.6) is 11.5 Å². The van der Waals surface area contributed by atoms with Crippen LogP contribution < -0.4 is 19.8 Å². The molecule has 0 aliphatic rings. The Kier molecular flexibility index (Phi) is 12.8. The summed E-state index contributed by atoms with van der Waals surface area (Å²) in [5.41, 5.74) is 1.40. The number of hydrogen-bond acceptors (Lipinski definition) is 5. The second kappa shape index (κ2) is 16.8. The molecule has 6 nitrogen and oxygen atoms in total. The minimum absolute atomic E-state index is 0.0571. The van der Waals surface area contributed by atoms with Gasteiger partial charge >= 0.3 is 5.97 Å². The molecule has 7 heteroatoms. The van der Waals surface area contributed by atoms with Crippen LogP contribution in [0.1, 0.15) is 22.3 Å². The predicted octanol–water partition coefficient (Wildman–Crippen LogP) is 3.59. The van der Waals surface area contributed by atoms with Crippen LogP contribution >= 0.6 is 0 Å². The maximum absolute atomic E-state index is 10.8. The van der Waals surface area contributed by atoms with Crippen molar-refractivity contribution in [3.63, 3.8) is 0 Å².